The van der Waals surface area contributed by atoms with Crippen molar-refractivity contribution in [1.82, 2.24) is 0 Å². The number of rotatable bonds is 5. The lowest BCUT2D eigenvalue weighted by Crippen LogP contribution is -2.15. The molecule has 2 heteroatoms. The number of aliphatic hydroxyl groups excluding tert-OH is 1. The maximum atomic E-state index is 10.3. The Morgan fingerprint density at radius 2 is 1.73 bits per heavy atom. The van der Waals surface area contributed by atoms with Crippen molar-refractivity contribution >= 4 is 10.8 Å². The van der Waals surface area contributed by atoms with E-state index in [4.69, 9.17) is 0 Å². The van der Waals surface area contributed by atoms with Crippen LogP contribution in [0.5, 0.6) is 5.75 Å². The second-order valence-electron chi connectivity index (χ2n) is 7.00. The summed E-state index contributed by atoms with van der Waals surface area (Å²) in [6, 6.07) is 8.25. The van der Waals surface area contributed by atoms with Gasteiger partial charge in [0.25, 0.3) is 0 Å². The van der Waals surface area contributed by atoms with Crippen LogP contribution < -0.4 is 0 Å². The highest BCUT2D eigenvalue weighted by molar-refractivity contribution is 5.89. The third-order valence-corrected chi connectivity index (χ3v) is 4.59. The molecule has 2 rings (SSSR count). The van der Waals surface area contributed by atoms with Crippen molar-refractivity contribution in [2.24, 2.45) is 5.92 Å². The van der Waals surface area contributed by atoms with E-state index >= 15 is 0 Å². The highest BCUT2D eigenvalue weighted by Crippen LogP contribution is 2.33. The predicted octanol–water partition coefficient (Wildman–Crippen LogP) is 4.93. The van der Waals surface area contributed by atoms with E-state index in [9.17, 15) is 10.2 Å². The number of phenols is 1. The average Bonchev–Trinajstić information content (AvgIpc) is 2.45. The molecule has 1 atom stereocenters. The highest BCUT2D eigenvalue weighted by Gasteiger charge is 2.14. The molecule has 0 saturated heterocycles. The summed E-state index contributed by atoms with van der Waals surface area (Å²) in [7, 11) is 0. The molecule has 2 aromatic rings. The minimum absolute atomic E-state index is 0.274. The third-order valence-electron chi connectivity index (χ3n) is 4.59. The van der Waals surface area contributed by atoms with Gasteiger partial charge in [-0.25, -0.2) is 0 Å². The Bertz CT molecular complexity index is 656. The zero-order valence-electron chi connectivity index (χ0n) is 14.4. The normalized spacial score (nSPS) is 13.3. The van der Waals surface area contributed by atoms with Gasteiger partial charge in [-0.05, 0) is 71.2 Å². The van der Waals surface area contributed by atoms with Gasteiger partial charge in [0.15, 0.2) is 0 Å². The molecule has 0 radical (unpaired) electrons. The Balaban J connectivity index is 2.44. The Labute approximate surface area is 133 Å². The summed E-state index contributed by atoms with van der Waals surface area (Å²) >= 11 is 0. The Morgan fingerprint density at radius 1 is 1.05 bits per heavy atom. The van der Waals surface area contributed by atoms with Crippen molar-refractivity contribution < 1.29 is 10.2 Å². The molecular formula is C20H28O2. The minimum atomic E-state index is -0.279. The highest BCUT2D eigenvalue weighted by atomic mass is 16.3. The second-order valence-corrected chi connectivity index (χ2v) is 7.00. The maximum absolute atomic E-state index is 10.3. The summed E-state index contributed by atoms with van der Waals surface area (Å²) in [5.41, 5.74) is 3.45. The topological polar surface area (TPSA) is 40.5 Å². The van der Waals surface area contributed by atoms with Crippen molar-refractivity contribution in [2.45, 2.75) is 59.5 Å². The van der Waals surface area contributed by atoms with Crippen LogP contribution in [-0.4, -0.2) is 16.3 Å². The van der Waals surface area contributed by atoms with Gasteiger partial charge in [0.1, 0.15) is 5.75 Å². The lowest BCUT2D eigenvalue weighted by Gasteiger charge is -2.17. The molecular weight excluding hydrogens is 272 g/mol. The standard InChI is InChI=1S/C20H28O2/c1-12(2)17-10-15-7-6-14(5)16(18(15)11-20(17)22)8-9-19(21)13(3)4/h6-7,10-13,19,21-22H,8-9H2,1-5H3. The van der Waals surface area contributed by atoms with Crippen molar-refractivity contribution in [3.05, 3.63) is 41.0 Å². The van der Waals surface area contributed by atoms with E-state index in [1.807, 2.05) is 19.9 Å². The van der Waals surface area contributed by atoms with Crippen LogP contribution in [0.3, 0.4) is 0 Å². The van der Waals surface area contributed by atoms with Crippen LogP contribution >= 0.6 is 0 Å². The number of hydrogen-bond donors (Lipinski definition) is 2. The summed E-state index contributed by atoms with van der Waals surface area (Å²) in [5, 5.41) is 22.7. The molecule has 0 saturated carbocycles. The third kappa shape index (κ3) is 3.44. The van der Waals surface area contributed by atoms with Gasteiger partial charge >= 0.3 is 0 Å². The molecule has 2 N–H and O–H groups in total. The summed E-state index contributed by atoms with van der Waals surface area (Å²) < 4.78 is 0. The van der Waals surface area contributed by atoms with Crippen LogP contribution in [0.1, 0.15) is 56.7 Å². The van der Waals surface area contributed by atoms with Crippen LogP contribution in [0.15, 0.2) is 24.3 Å². The molecule has 1 unspecified atom stereocenters. The van der Waals surface area contributed by atoms with E-state index in [1.165, 1.54) is 16.5 Å². The number of aryl methyl sites for hydroxylation is 2. The van der Waals surface area contributed by atoms with Gasteiger partial charge in [0.2, 0.25) is 0 Å². The predicted molar refractivity (Wildman–Crippen MR) is 93.6 cm³/mol. The molecule has 0 spiro atoms. The van der Waals surface area contributed by atoms with Crippen LogP contribution in [0.2, 0.25) is 0 Å². The van der Waals surface area contributed by atoms with Gasteiger partial charge in [-0.15, -0.1) is 0 Å². The molecule has 22 heavy (non-hydrogen) atoms. The Hall–Kier alpha value is -1.54. The largest absolute Gasteiger partial charge is 0.508 e. The number of fused-ring (bicyclic) bond motifs is 1. The van der Waals surface area contributed by atoms with E-state index in [-0.39, 0.29) is 12.0 Å². The first-order chi connectivity index (χ1) is 10.3. The zero-order chi connectivity index (χ0) is 16.4. The van der Waals surface area contributed by atoms with E-state index < -0.39 is 0 Å². The number of benzene rings is 2. The molecule has 2 aromatic carbocycles. The Morgan fingerprint density at radius 3 is 2.32 bits per heavy atom. The monoisotopic (exact) mass is 300 g/mol. The van der Waals surface area contributed by atoms with Crippen molar-refractivity contribution in [1.29, 1.82) is 0 Å². The van der Waals surface area contributed by atoms with Crippen LogP contribution in [0.4, 0.5) is 0 Å². The summed E-state index contributed by atoms with van der Waals surface area (Å²) in [6.45, 7) is 10.4. The summed E-state index contributed by atoms with van der Waals surface area (Å²) in [6.07, 6.45) is 1.31. The lowest BCUT2D eigenvalue weighted by atomic mass is 9.90. The lowest BCUT2D eigenvalue weighted by molar-refractivity contribution is 0.116. The summed E-state index contributed by atoms with van der Waals surface area (Å²) in [5.74, 6) is 0.951. The first kappa shape index (κ1) is 16.8. The van der Waals surface area contributed by atoms with E-state index in [0.717, 1.165) is 23.8 Å². The van der Waals surface area contributed by atoms with Gasteiger partial charge in [0, 0.05) is 0 Å². The van der Waals surface area contributed by atoms with Crippen LogP contribution in [0, 0.1) is 12.8 Å². The van der Waals surface area contributed by atoms with Crippen molar-refractivity contribution in [3.8, 4) is 5.75 Å². The number of hydrogen-bond acceptors (Lipinski definition) is 2. The molecule has 0 aliphatic carbocycles. The Kier molecular flexibility index (Phi) is 5.12. The molecule has 120 valence electrons. The quantitative estimate of drug-likeness (QED) is 0.822. The average molecular weight is 300 g/mol. The smallest absolute Gasteiger partial charge is 0.119 e. The fourth-order valence-corrected chi connectivity index (χ4v) is 2.97. The zero-order valence-corrected chi connectivity index (χ0v) is 14.4. The fourth-order valence-electron chi connectivity index (χ4n) is 2.97. The van der Waals surface area contributed by atoms with Gasteiger partial charge in [-0.1, -0.05) is 39.8 Å². The minimum Gasteiger partial charge on any atom is -0.508 e. The van der Waals surface area contributed by atoms with Gasteiger partial charge in [-0.3, -0.25) is 0 Å². The van der Waals surface area contributed by atoms with Gasteiger partial charge in [-0.2, -0.15) is 0 Å². The maximum Gasteiger partial charge on any atom is 0.119 e. The fraction of sp³-hybridized carbons (Fsp3) is 0.500. The van der Waals surface area contributed by atoms with Crippen molar-refractivity contribution in [2.75, 3.05) is 0 Å². The molecule has 0 aliphatic heterocycles. The van der Waals surface area contributed by atoms with Crippen molar-refractivity contribution in [3.63, 3.8) is 0 Å². The molecule has 0 fully saturated rings. The van der Waals surface area contributed by atoms with Gasteiger partial charge in [0.05, 0.1) is 6.10 Å². The molecule has 0 heterocycles. The SMILES string of the molecule is Cc1ccc2cc(C(C)C)c(O)cc2c1CCC(O)C(C)C. The second kappa shape index (κ2) is 6.70. The van der Waals surface area contributed by atoms with E-state index in [0.29, 0.717) is 11.7 Å². The molecule has 0 aromatic heterocycles. The van der Waals surface area contributed by atoms with Crippen LogP contribution in [-0.2, 0) is 6.42 Å². The van der Waals surface area contributed by atoms with E-state index in [2.05, 4.69) is 39.0 Å². The molecule has 2 nitrogen and oxygen atoms in total. The van der Waals surface area contributed by atoms with E-state index in [1.54, 1.807) is 0 Å². The molecule has 0 aliphatic rings. The number of aromatic hydroxyl groups is 1. The first-order valence-electron chi connectivity index (χ1n) is 8.24. The summed E-state index contributed by atoms with van der Waals surface area (Å²) in [4.78, 5) is 0. The molecule has 0 bridgehead atoms. The first-order valence-corrected chi connectivity index (χ1v) is 8.24. The molecule has 0 amide bonds. The number of aliphatic hydroxyl groups is 1. The number of phenolic OH excluding ortho intramolecular Hbond substituents is 1. The van der Waals surface area contributed by atoms with Gasteiger partial charge < -0.3 is 10.2 Å². The van der Waals surface area contributed by atoms with Crippen LogP contribution in [0.25, 0.3) is 10.8 Å².